The topological polar surface area (TPSA) is 12.0 Å². The summed E-state index contributed by atoms with van der Waals surface area (Å²) in [5.74, 6) is 3.43. The third-order valence-electron chi connectivity index (χ3n) is 2.83. The van der Waals surface area contributed by atoms with Crippen molar-refractivity contribution < 1.29 is 0 Å². The fraction of sp³-hybridized carbons (Fsp3) is 1.00. The summed E-state index contributed by atoms with van der Waals surface area (Å²) in [6.07, 6.45) is 2.50. The van der Waals surface area contributed by atoms with Crippen molar-refractivity contribution in [1.82, 2.24) is 5.32 Å². The lowest BCUT2D eigenvalue weighted by atomic mass is 10.0. The third-order valence-corrected chi connectivity index (χ3v) is 4.13. The van der Waals surface area contributed by atoms with Crippen LogP contribution in [0.2, 0.25) is 0 Å². The summed E-state index contributed by atoms with van der Waals surface area (Å²) in [6, 6.07) is 0. The Balaban J connectivity index is 3.30. The van der Waals surface area contributed by atoms with E-state index < -0.39 is 0 Å². The maximum Gasteiger partial charge on any atom is 0.0122 e. The zero-order valence-corrected chi connectivity index (χ0v) is 11.3. The zero-order chi connectivity index (χ0) is 11.0. The molecule has 0 bridgehead atoms. The third kappa shape index (κ3) is 7.69. The molecular formula is C12H27NS. The van der Waals surface area contributed by atoms with Gasteiger partial charge < -0.3 is 5.32 Å². The molecule has 14 heavy (non-hydrogen) atoms. The molecule has 0 saturated carbocycles. The van der Waals surface area contributed by atoms with Gasteiger partial charge in [-0.15, -0.1) is 0 Å². The molecule has 0 aliphatic heterocycles. The van der Waals surface area contributed by atoms with E-state index in [9.17, 15) is 0 Å². The van der Waals surface area contributed by atoms with Crippen LogP contribution in [0.5, 0.6) is 0 Å². The summed E-state index contributed by atoms with van der Waals surface area (Å²) < 4.78 is 0. The molecule has 0 radical (unpaired) electrons. The second kappa shape index (κ2) is 7.58. The largest absolute Gasteiger partial charge is 0.311 e. The molecule has 0 aromatic rings. The highest BCUT2D eigenvalue weighted by Gasteiger charge is 2.12. The molecule has 0 spiro atoms. The normalized spacial score (nSPS) is 14.4. The SMILES string of the molecule is CCC(C)CSCCNC(C)(C)CC. The summed E-state index contributed by atoms with van der Waals surface area (Å²) >= 11 is 2.07. The lowest BCUT2D eigenvalue weighted by Gasteiger charge is -2.24. The molecule has 1 atom stereocenters. The van der Waals surface area contributed by atoms with Crippen molar-refractivity contribution in [1.29, 1.82) is 0 Å². The predicted molar refractivity (Wildman–Crippen MR) is 69.2 cm³/mol. The van der Waals surface area contributed by atoms with Crippen molar-refractivity contribution in [3.05, 3.63) is 0 Å². The van der Waals surface area contributed by atoms with Gasteiger partial charge in [0.25, 0.3) is 0 Å². The Morgan fingerprint density at radius 1 is 1.29 bits per heavy atom. The molecule has 1 N–H and O–H groups in total. The van der Waals surface area contributed by atoms with Crippen molar-refractivity contribution in [2.24, 2.45) is 5.92 Å². The van der Waals surface area contributed by atoms with Crippen molar-refractivity contribution in [2.45, 2.75) is 53.0 Å². The van der Waals surface area contributed by atoms with Crippen LogP contribution in [0.3, 0.4) is 0 Å². The molecule has 1 nitrogen and oxygen atoms in total. The minimum absolute atomic E-state index is 0.316. The second-order valence-corrected chi connectivity index (χ2v) is 5.90. The summed E-state index contributed by atoms with van der Waals surface area (Å²) in [5, 5.41) is 3.58. The van der Waals surface area contributed by atoms with Gasteiger partial charge in [0.1, 0.15) is 0 Å². The first kappa shape index (κ1) is 14.3. The van der Waals surface area contributed by atoms with E-state index in [0.717, 1.165) is 12.5 Å². The number of nitrogens with one attached hydrogen (secondary N) is 1. The monoisotopic (exact) mass is 217 g/mol. The minimum atomic E-state index is 0.316. The minimum Gasteiger partial charge on any atom is -0.311 e. The van der Waals surface area contributed by atoms with Crippen molar-refractivity contribution in [3.8, 4) is 0 Å². The van der Waals surface area contributed by atoms with E-state index in [1.807, 2.05) is 0 Å². The zero-order valence-electron chi connectivity index (χ0n) is 10.5. The average Bonchev–Trinajstić information content (AvgIpc) is 2.17. The van der Waals surface area contributed by atoms with E-state index in [2.05, 4.69) is 51.7 Å². The fourth-order valence-electron chi connectivity index (χ4n) is 0.989. The van der Waals surface area contributed by atoms with Crippen LogP contribution in [0, 0.1) is 5.92 Å². The molecule has 0 aliphatic rings. The van der Waals surface area contributed by atoms with E-state index >= 15 is 0 Å². The van der Waals surface area contributed by atoms with Crippen molar-refractivity contribution in [3.63, 3.8) is 0 Å². The highest BCUT2D eigenvalue weighted by Crippen LogP contribution is 2.11. The molecular weight excluding hydrogens is 190 g/mol. The van der Waals surface area contributed by atoms with Gasteiger partial charge in [0.05, 0.1) is 0 Å². The van der Waals surface area contributed by atoms with Gasteiger partial charge in [0.15, 0.2) is 0 Å². The molecule has 0 saturated heterocycles. The quantitative estimate of drug-likeness (QED) is 0.624. The van der Waals surface area contributed by atoms with Crippen LogP contribution in [-0.4, -0.2) is 23.6 Å². The Morgan fingerprint density at radius 2 is 1.93 bits per heavy atom. The Hall–Kier alpha value is 0.310. The van der Waals surface area contributed by atoms with Crippen LogP contribution in [-0.2, 0) is 0 Å². The highest BCUT2D eigenvalue weighted by molar-refractivity contribution is 7.99. The summed E-state index contributed by atoms with van der Waals surface area (Å²) in [5.41, 5.74) is 0.316. The maximum absolute atomic E-state index is 3.58. The molecule has 0 aliphatic carbocycles. The maximum atomic E-state index is 3.58. The number of hydrogen-bond acceptors (Lipinski definition) is 2. The van der Waals surface area contributed by atoms with Crippen LogP contribution < -0.4 is 5.32 Å². The van der Waals surface area contributed by atoms with Crippen LogP contribution in [0.25, 0.3) is 0 Å². The Morgan fingerprint density at radius 3 is 2.43 bits per heavy atom. The Kier molecular flexibility index (Phi) is 7.75. The van der Waals surface area contributed by atoms with Gasteiger partial charge in [-0.2, -0.15) is 11.8 Å². The lowest BCUT2D eigenvalue weighted by Crippen LogP contribution is -2.39. The molecule has 0 heterocycles. The van der Waals surface area contributed by atoms with E-state index in [0.29, 0.717) is 5.54 Å². The van der Waals surface area contributed by atoms with E-state index in [4.69, 9.17) is 0 Å². The average molecular weight is 217 g/mol. The second-order valence-electron chi connectivity index (χ2n) is 4.75. The lowest BCUT2D eigenvalue weighted by molar-refractivity contribution is 0.388. The van der Waals surface area contributed by atoms with Crippen LogP contribution >= 0.6 is 11.8 Å². The fourth-order valence-corrected chi connectivity index (χ4v) is 2.04. The molecule has 0 aromatic carbocycles. The molecule has 86 valence electrons. The van der Waals surface area contributed by atoms with Crippen LogP contribution in [0.1, 0.15) is 47.5 Å². The first-order valence-corrected chi connectivity index (χ1v) is 7.00. The van der Waals surface area contributed by atoms with Gasteiger partial charge in [-0.3, -0.25) is 0 Å². The summed E-state index contributed by atoms with van der Waals surface area (Å²) in [7, 11) is 0. The summed E-state index contributed by atoms with van der Waals surface area (Å²) in [4.78, 5) is 0. The molecule has 0 rings (SSSR count). The van der Waals surface area contributed by atoms with Gasteiger partial charge in [-0.05, 0) is 31.9 Å². The molecule has 0 aromatic heterocycles. The van der Waals surface area contributed by atoms with Gasteiger partial charge in [-0.25, -0.2) is 0 Å². The smallest absolute Gasteiger partial charge is 0.0122 e. The van der Waals surface area contributed by atoms with Crippen LogP contribution in [0.4, 0.5) is 0 Å². The Bertz CT molecular complexity index is 134. The molecule has 0 amide bonds. The molecule has 2 heteroatoms. The predicted octanol–water partition coefficient (Wildman–Crippen LogP) is 3.54. The first-order chi connectivity index (χ1) is 6.52. The molecule has 1 unspecified atom stereocenters. The standard InChI is InChI=1S/C12H27NS/c1-6-11(3)10-14-9-8-13-12(4,5)7-2/h11,13H,6-10H2,1-5H3. The van der Waals surface area contributed by atoms with E-state index in [1.165, 1.54) is 24.3 Å². The molecule has 0 fully saturated rings. The van der Waals surface area contributed by atoms with E-state index in [-0.39, 0.29) is 0 Å². The van der Waals surface area contributed by atoms with Crippen molar-refractivity contribution in [2.75, 3.05) is 18.1 Å². The number of hydrogen-bond donors (Lipinski definition) is 1. The number of rotatable bonds is 8. The van der Waals surface area contributed by atoms with Gasteiger partial charge >= 0.3 is 0 Å². The van der Waals surface area contributed by atoms with Crippen LogP contribution in [0.15, 0.2) is 0 Å². The summed E-state index contributed by atoms with van der Waals surface area (Å²) in [6.45, 7) is 12.5. The number of thioether (sulfide) groups is 1. The first-order valence-electron chi connectivity index (χ1n) is 5.84. The van der Waals surface area contributed by atoms with E-state index in [1.54, 1.807) is 0 Å². The Labute approximate surface area is 94.4 Å². The van der Waals surface area contributed by atoms with Crippen molar-refractivity contribution >= 4 is 11.8 Å². The van der Waals surface area contributed by atoms with Gasteiger partial charge in [0.2, 0.25) is 0 Å². The highest BCUT2D eigenvalue weighted by atomic mass is 32.2. The van der Waals surface area contributed by atoms with Gasteiger partial charge in [-0.1, -0.05) is 27.2 Å². The van der Waals surface area contributed by atoms with Gasteiger partial charge in [0, 0.05) is 17.8 Å².